The summed E-state index contributed by atoms with van der Waals surface area (Å²) in [5.41, 5.74) is 1.27. The van der Waals surface area contributed by atoms with Crippen molar-refractivity contribution in [1.82, 2.24) is 4.98 Å². The smallest absolute Gasteiger partial charge is 0.258 e. The molecule has 0 bridgehead atoms. The van der Waals surface area contributed by atoms with Crippen LogP contribution in [-0.2, 0) is 5.75 Å². The monoisotopic (exact) mass is 271 g/mol. The average Bonchev–Trinajstić information content (AvgIpc) is 2.45. The van der Waals surface area contributed by atoms with E-state index in [0.29, 0.717) is 21.9 Å². The molecule has 5 nitrogen and oxygen atoms in total. The zero-order valence-electron chi connectivity index (χ0n) is 9.81. The zero-order valence-corrected chi connectivity index (χ0v) is 10.6. The molecule has 1 aromatic heterocycles. The second-order valence-electron chi connectivity index (χ2n) is 3.67. The summed E-state index contributed by atoms with van der Waals surface area (Å²) in [5, 5.41) is 20.3. The van der Waals surface area contributed by atoms with E-state index in [-0.39, 0.29) is 5.69 Å². The van der Waals surface area contributed by atoms with E-state index < -0.39 is 4.92 Å². The van der Waals surface area contributed by atoms with Gasteiger partial charge in [0.2, 0.25) is 0 Å². The number of aromatic nitrogens is 1. The Morgan fingerprint density at radius 2 is 2.16 bits per heavy atom. The minimum absolute atomic E-state index is 0.103. The Balaban J connectivity index is 2.15. The number of thioether (sulfide) groups is 1. The first kappa shape index (κ1) is 13.1. The number of rotatable bonds is 4. The first-order chi connectivity index (χ1) is 9.20. The second kappa shape index (κ2) is 5.98. The lowest BCUT2D eigenvalue weighted by atomic mass is 10.2. The summed E-state index contributed by atoms with van der Waals surface area (Å²) >= 11 is 1.37. The lowest BCUT2D eigenvalue weighted by Gasteiger charge is -2.02. The van der Waals surface area contributed by atoms with E-state index in [1.54, 1.807) is 36.5 Å². The van der Waals surface area contributed by atoms with Gasteiger partial charge in [0.1, 0.15) is 0 Å². The highest BCUT2D eigenvalue weighted by atomic mass is 32.2. The molecular weight excluding hydrogens is 262 g/mol. The van der Waals surface area contributed by atoms with Crippen LogP contribution in [0.2, 0.25) is 0 Å². The van der Waals surface area contributed by atoms with Gasteiger partial charge in [-0.05, 0) is 12.1 Å². The van der Waals surface area contributed by atoms with Gasteiger partial charge in [-0.15, -0.1) is 11.8 Å². The third-order valence-corrected chi connectivity index (χ3v) is 3.40. The van der Waals surface area contributed by atoms with Crippen molar-refractivity contribution < 1.29 is 4.92 Å². The van der Waals surface area contributed by atoms with Crippen molar-refractivity contribution in [3.63, 3.8) is 0 Å². The van der Waals surface area contributed by atoms with Gasteiger partial charge in [-0.1, -0.05) is 18.2 Å². The fourth-order valence-corrected chi connectivity index (χ4v) is 2.41. The van der Waals surface area contributed by atoms with Gasteiger partial charge in [-0.25, -0.2) is 4.98 Å². The molecule has 6 heteroatoms. The van der Waals surface area contributed by atoms with E-state index >= 15 is 0 Å². The number of nitrogens with zero attached hydrogens (tertiary/aromatic N) is 3. The van der Waals surface area contributed by atoms with Crippen molar-refractivity contribution in [2.75, 3.05) is 0 Å². The van der Waals surface area contributed by atoms with Crippen molar-refractivity contribution in [2.45, 2.75) is 10.8 Å². The van der Waals surface area contributed by atoms with Crippen molar-refractivity contribution in [3.8, 4) is 6.07 Å². The topological polar surface area (TPSA) is 79.8 Å². The van der Waals surface area contributed by atoms with Crippen LogP contribution >= 0.6 is 11.8 Å². The lowest BCUT2D eigenvalue weighted by molar-refractivity contribution is -0.385. The lowest BCUT2D eigenvalue weighted by Crippen LogP contribution is -1.93. The van der Waals surface area contributed by atoms with Crippen LogP contribution in [0.25, 0.3) is 0 Å². The molecular formula is C13H9N3O2S. The van der Waals surface area contributed by atoms with Gasteiger partial charge < -0.3 is 0 Å². The van der Waals surface area contributed by atoms with Crippen LogP contribution in [0.15, 0.2) is 47.6 Å². The Hall–Kier alpha value is -2.39. The van der Waals surface area contributed by atoms with Crippen molar-refractivity contribution in [1.29, 1.82) is 5.26 Å². The fraction of sp³-hybridized carbons (Fsp3) is 0.0769. The summed E-state index contributed by atoms with van der Waals surface area (Å²) < 4.78 is 0. The van der Waals surface area contributed by atoms with Crippen LogP contribution < -0.4 is 0 Å². The number of benzene rings is 1. The molecule has 19 heavy (non-hydrogen) atoms. The number of hydrogen-bond acceptors (Lipinski definition) is 5. The second-order valence-corrected chi connectivity index (χ2v) is 4.66. The maximum absolute atomic E-state index is 10.9. The Morgan fingerprint density at radius 3 is 2.89 bits per heavy atom. The third kappa shape index (κ3) is 3.30. The van der Waals surface area contributed by atoms with Gasteiger partial charge in [0, 0.05) is 23.6 Å². The SMILES string of the molecule is N#Cc1ccnc(SCc2ccccc2[N+](=O)[O-])c1. The van der Waals surface area contributed by atoms with Crippen LogP contribution in [0.3, 0.4) is 0 Å². The first-order valence-corrected chi connectivity index (χ1v) is 6.40. The molecule has 0 unspecified atom stereocenters. The minimum Gasteiger partial charge on any atom is -0.258 e. The standard InChI is InChI=1S/C13H9N3O2S/c14-8-10-5-6-15-13(7-10)19-9-11-3-1-2-4-12(11)16(17)18/h1-7H,9H2. The molecule has 0 spiro atoms. The predicted octanol–water partition coefficient (Wildman–Crippen LogP) is 3.15. The number of nitro benzene ring substituents is 1. The van der Waals surface area contributed by atoms with Gasteiger partial charge in [0.15, 0.2) is 0 Å². The van der Waals surface area contributed by atoms with Crippen LogP contribution in [-0.4, -0.2) is 9.91 Å². The molecule has 2 aromatic rings. The maximum Gasteiger partial charge on any atom is 0.273 e. The first-order valence-electron chi connectivity index (χ1n) is 5.42. The summed E-state index contributed by atoms with van der Waals surface area (Å²) in [6.45, 7) is 0. The number of para-hydroxylation sites is 1. The Morgan fingerprint density at radius 1 is 1.37 bits per heavy atom. The maximum atomic E-state index is 10.9. The van der Waals surface area contributed by atoms with Crippen molar-refractivity contribution >= 4 is 17.4 Å². The van der Waals surface area contributed by atoms with Crippen LogP contribution in [0.1, 0.15) is 11.1 Å². The van der Waals surface area contributed by atoms with Gasteiger partial charge >= 0.3 is 0 Å². The van der Waals surface area contributed by atoms with Crippen LogP contribution in [0.4, 0.5) is 5.69 Å². The molecule has 0 fully saturated rings. The normalized spacial score (nSPS) is 9.84. The molecule has 0 radical (unpaired) electrons. The Bertz CT molecular complexity index is 652. The molecule has 1 aromatic carbocycles. The number of nitriles is 1. The molecule has 0 aliphatic carbocycles. The van der Waals surface area contributed by atoms with Gasteiger partial charge in [-0.3, -0.25) is 10.1 Å². The number of hydrogen-bond donors (Lipinski definition) is 0. The third-order valence-electron chi connectivity index (χ3n) is 2.43. The van der Waals surface area contributed by atoms with Crippen LogP contribution in [0, 0.1) is 21.4 Å². The van der Waals surface area contributed by atoms with E-state index in [1.165, 1.54) is 17.8 Å². The van der Waals surface area contributed by atoms with Crippen LogP contribution in [0.5, 0.6) is 0 Å². The quantitative estimate of drug-likeness (QED) is 0.484. The molecule has 0 aliphatic heterocycles. The molecule has 1 heterocycles. The van der Waals surface area contributed by atoms with Gasteiger partial charge in [0.05, 0.1) is 21.6 Å². The fourth-order valence-electron chi connectivity index (χ4n) is 1.52. The van der Waals surface area contributed by atoms with E-state index in [9.17, 15) is 10.1 Å². The summed E-state index contributed by atoms with van der Waals surface area (Å²) in [6, 6.07) is 11.9. The number of nitro groups is 1. The zero-order chi connectivity index (χ0) is 13.7. The average molecular weight is 271 g/mol. The summed E-state index contributed by atoms with van der Waals surface area (Å²) in [7, 11) is 0. The highest BCUT2D eigenvalue weighted by Crippen LogP contribution is 2.26. The van der Waals surface area contributed by atoms with Gasteiger partial charge in [0.25, 0.3) is 5.69 Å². The predicted molar refractivity (Wildman–Crippen MR) is 71.6 cm³/mol. The van der Waals surface area contributed by atoms with E-state index in [2.05, 4.69) is 4.98 Å². The molecule has 2 rings (SSSR count). The summed E-state index contributed by atoms with van der Waals surface area (Å²) in [6.07, 6.45) is 1.56. The molecule has 0 atom stereocenters. The van der Waals surface area contributed by atoms with E-state index in [0.717, 1.165) is 0 Å². The van der Waals surface area contributed by atoms with Crippen molar-refractivity contribution in [2.24, 2.45) is 0 Å². The Kier molecular flexibility index (Phi) is 4.11. The van der Waals surface area contributed by atoms with Gasteiger partial charge in [-0.2, -0.15) is 5.26 Å². The minimum atomic E-state index is -0.394. The molecule has 0 N–H and O–H groups in total. The highest BCUT2D eigenvalue weighted by molar-refractivity contribution is 7.98. The molecule has 0 saturated carbocycles. The molecule has 0 saturated heterocycles. The Labute approximate surface area is 114 Å². The van der Waals surface area contributed by atoms with E-state index in [1.807, 2.05) is 6.07 Å². The molecule has 0 aliphatic rings. The number of pyridine rings is 1. The molecule has 94 valence electrons. The van der Waals surface area contributed by atoms with E-state index in [4.69, 9.17) is 5.26 Å². The highest BCUT2D eigenvalue weighted by Gasteiger charge is 2.12. The largest absolute Gasteiger partial charge is 0.273 e. The summed E-state index contributed by atoms with van der Waals surface area (Å²) in [4.78, 5) is 14.6. The summed E-state index contributed by atoms with van der Waals surface area (Å²) in [5.74, 6) is 0.443. The molecule has 0 amide bonds. The van der Waals surface area contributed by atoms with Crippen molar-refractivity contribution in [3.05, 3.63) is 63.8 Å².